The van der Waals surface area contributed by atoms with Gasteiger partial charge in [0.15, 0.2) is 11.5 Å². The second-order valence-electron chi connectivity index (χ2n) is 8.99. The molecule has 10 heteroatoms. The summed E-state index contributed by atoms with van der Waals surface area (Å²) in [6, 6.07) is 14.5. The molecule has 3 aromatic rings. The molecular weight excluding hydrogens is 505 g/mol. The quantitative estimate of drug-likeness (QED) is 0.363. The minimum absolute atomic E-state index is 0.0260. The van der Waals surface area contributed by atoms with Crippen molar-refractivity contribution in [1.29, 1.82) is 0 Å². The van der Waals surface area contributed by atoms with E-state index in [0.29, 0.717) is 11.5 Å². The Balaban J connectivity index is 1.48. The number of benzene rings is 3. The molecule has 0 amide bonds. The summed E-state index contributed by atoms with van der Waals surface area (Å²) < 4.78 is 78.9. The van der Waals surface area contributed by atoms with Crippen LogP contribution in [0.15, 0.2) is 77.7 Å². The first-order chi connectivity index (χ1) is 17.6. The summed E-state index contributed by atoms with van der Waals surface area (Å²) in [5.41, 5.74) is 1.44. The van der Waals surface area contributed by atoms with Crippen molar-refractivity contribution in [3.8, 4) is 11.5 Å². The normalized spacial score (nSPS) is 20.5. The Morgan fingerprint density at radius 3 is 2.49 bits per heavy atom. The van der Waals surface area contributed by atoms with E-state index in [1.54, 1.807) is 26.4 Å². The molecule has 2 aliphatic rings. The van der Waals surface area contributed by atoms with E-state index in [4.69, 9.17) is 9.47 Å². The van der Waals surface area contributed by atoms with E-state index < -0.39 is 21.8 Å². The monoisotopic (exact) mass is 530 g/mol. The maximum atomic E-state index is 13.1. The first-order valence-electron chi connectivity index (χ1n) is 11.6. The van der Waals surface area contributed by atoms with Crippen molar-refractivity contribution >= 4 is 21.4 Å². The maximum Gasteiger partial charge on any atom is 0.416 e. The summed E-state index contributed by atoms with van der Waals surface area (Å²) in [6.07, 6.45) is 0.348. The van der Waals surface area contributed by atoms with Crippen LogP contribution in [0.2, 0.25) is 0 Å². The van der Waals surface area contributed by atoms with Gasteiger partial charge in [0.05, 0.1) is 30.7 Å². The summed E-state index contributed by atoms with van der Waals surface area (Å²) in [5.74, 6) is 1.31. The highest BCUT2D eigenvalue weighted by Gasteiger charge is 2.40. The zero-order valence-electron chi connectivity index (χ0n) is 20.0. The molecule has 1 heterocycles. The standard InChI is InChI=1S/C27H25F3N2O4S/c1-35-24-11-5-10-21(26(24)36-2)25-20-9-4-8-19(20)22-15-18(12-13-23(22)31-25)37(33,34)32-17-7-3-6-16(14-17)27(28,29)30/h3-8,10-15,19-20,25,31-32H,9H2,1-2H3/t19-,20+,25+/m0/s1. The molecule has 2 N–H and O–H groups in total. The van der Waals surface area contributed by atoms with E-state index in [1.165, 1.54) is 18.2 Å². The van der Waals surface area contributed by atoms with Crippen LogP contribution in [-0.2, 0) is 16.2 Å². The fourth-order valence-corrected chi connectivity index (χ4v) is 6.26. The minimum Gasteiger partial charge on any atom is -0.493 e. The lowest BCUT2D eigenvalue weighted by Gasteiger charge is -2.38. The summed E-state index contributed by atoms with van der Waals surface area (Å²) in [6.45, 7) is 0. The van der Waals surface area contributed by atoms with Crippen LogP contribution in [0.4, 0.5) is 24.5 Å². The van der Waals surface area contributed by atoms with Gasteiger partial charge in [-0.25, -0.2) is 8.42 Å². The second kappa shape index (κ2) is 9.33. The van der Waals surface area contributed by atoms with Gasteiger partial charge >= 0.3 is 6.18 Å². The fraction of sp³-hybridized carbons (Fsp3) is 0.259. The first-order valence-corrected chi connectivity index (χ1v) is 13.1. The van der Waals surface area contributed by atoms with Crippen molar-refractivity contribution in [2.24, 2.45) is 5.92 Å². The van der Waals surface area contributed by atoms with Crippen LogP contribution in [0.1, 0.15) is 35.1 Å². The highest BCUT2D eigenvalue weighted by Crippen LogP contribution is 2.52. The molecule has 6 nitrogen and oxygen atoms in total. The van der Waals surface area contributed by atoms with Gasteiger partial charge in [0.1, 0.15) is 0 Å². The number of anilines is 2. The van der Waals surface area contributed by atoms with Crippen molar-refractivity contribution in [2.45, 2.75) is 29.5 Å². The summed E-state index contributed by atoms with van der Waals surface area (Å²) >= 11 is 0. The third kappa shape index (κ3) is 4.61. The Bertz CT molecular complexity index is 1470. The molecule has 0 unspecified atom stereocenters. The number of hydrogen-bond acceptors (Lipinski definition) is 5. The largest absolute Gasteiger partial charge is 0.493 e. The topological polar surface area (TPSA) is 76.7 Å². The van der Waals surface area contributed by atoms with Gasteiger partial charge in [0.25, 0.3) is 10.0 Å². The van der Waals surface area contributed by atoms with Crippen LogP contribution in [0, 0.1) is 5.92 Å². The molecule has 1 aliphatic heterocycles. The molecule has 1 aliphatic carbocycles. The van der Waals surface area contributed by atoms with Gasteiger partial charge in [-0.1, -0.05) is 30.4 Å². The van der Waals surface area contributed by atoms with Crippen LogP contribution < -0.4 is 19.5 Å². The number of hydrogen-bond donors (Lipinski definition) is 2. The lowest BCUT2D eigenvalue weighted by molar-refractivity contribution is -0.137. The van der Waals surface area contributed by atoms with Gasteiger partial charge in [-0.15, -0.1) is 0 Å². The molecule has 194 valence electrons. The molecule has 0 bridgehead atoms. The van der Waals surface area contributed by atoms with E-state index in [-0.39, 0.29) is 28.5 Å². The first kappa shape index (κ1) is 25.0. The highest BCUT2D eigenvalue weighted by molar-refractivity contribution is 7.92. The van der Waals surface area contributed by atoms with E-state index in [1.807, 2.05) is 18.2 Å². The summed E-state index contributed by atoms with van der Waals surface area (Å²) in [7, 11) is -0.951. The van der Waals surface area contributed by atoms with E-state index >= 15 is 0 Å². The predicted octanol–water partition coefficient (Wildman–Crippen LogP) is 6.35. The number of rotatable bonds is 6. The van der Waals surface area contributed by atoms with E-state index in [2.05, 4.69) is 22.2 Å². The Morgan fingerprint density at radius 2 is 1.76 bits per heavy atom. The number of sulfonamides is 1. The molecule has 0 fully saturated rings. The second-order valence-corrected chi connectivity index (χ2v) is 10.7. The lowest BCUT2D eigenvalue weighted by Crippen LogP contribution is -2.29. The molecule has 3 atom stereocenters. The average molecular weight is 531 g/mol. The van der Waals surface area contributed by atoms with Crippen molar-refractivity contribution in [3.63, 3.8) is 0 Å². The minimum atomic E-state index is -4.58. The zero-order chi connectivity index (χ0) is 26.4. The molecule has 5 rings (SSSR count). The molecule has 0 saturated carbocycles. The molecule has 3 aromatic carbocycles. The Morgan fingerprint density at radius 1 is 0.973 bits per heavy atom. The average Bonchev–Trinajstić information content (AvgIpc) is 3.37. The van der Waals surface area contributed by atoms with Gasteiger partial charge < -0.3 is 14.8 Å². The van der Waals surface area contributed by atoms with E-state index in [9.17, 15) is 21.6 Å². The van der Waals surface area contributed by atoms with Crippen LogP contribution >= 0.6 is 0 Å². The van der Waals surface area contributed by atoms with Crippen molar-refractivity contribution < 1.29 is 31.1 Å². The number of ether oxygens (including phenoxy) is 2. The molecule has 0 aromatic heterocycles. The van der Waals surface area contributed by atoms with Crippen LogP contribution in [0.3, 0.4) is 0 Å². The third-order valence-corrected chi connectivity index (χ3v) is 8.23. The number of allylic oxidation sites excluding steroid dienone is 2. The summed E-state index contributed by atoms with van der Waals surface area (Å²) in [4.78, 5) is -0.0260. The van der Waals surface area contributed by atoms with Crippen LogP contribution in [-0.4, -0.2) is 22.6 Å². The van der Waals surface area contributed by atoms with E-state index in [0.717, 1.165) is 35.4 Å². The number of methoxy groups -OCH3 is 2. The number of nitrogens with one attached hydrogen (secondary N) is 2. The SMILES string of the molecule is COc1cccc([C@@H]2Nc3ccc(S(=O)(=O)Nc4cccc(C(F)(F)F)c4)cc3[C@H]3C=CC[C@H]32)c1OC. The van der Waals surface area contributed by atoms with Crippen molar-refractivity contribution in [1.82, 2.24) is 0 Å². The number of halogens is 3. The van der Waals surface area contributed by atoms with Gasteiger partial charge in [-0.05, 0) is 60.4 Å². The van der Waals surface area contributed by atoms with Gasteiger partial charge in [-0.3, -0.25) is 4.72 Å². The third-order valence-electron chi connectivity index (χ3n) is 6.86. The Kier molecular flexibility index (Phi) is 6.31. The van der Waals surface area contributed by atoms with Gasteiger partial charge in [0.2, 0.25) is 0 Å². The summed E-state index contributed by atoms with van der Waals surface area (Å²) in [5, 5.41) is 3.55. The number of para-hydroxylation sites is 1. The smallest absolute Gasteiger partial charge is 0.416 e. The number of fused-ring (bicyclic) bond motifs is 3. The van der Waals surface area contributed by atoms with Crippen LogP contribution in [0.25, 0.3) is 0 Å². The molecule has 37 heavy (non-hydrogen) atoms. The van der Waals surface area contributed by atoms with Crippen molar-refractivity contribution in [2.75, 3.05) is 24.3 Å². The van der Waals surface area contributed by atoms with Crippen LogP contribution in [0.5, 0.6) is 11.5 Å². The molecule has 0 radical (unpaired) electrons. The predicted molar refractivity (Wildman–Crippen MR) is 135 cm³/mol. The Hall–Kier alpha value is -3.66. The highest BCUT2D eigenvalue weighted by atomic mass is 32.2. The van der Waals surface area contributed by atoms with Gasteiger partial charge in [-0.2, -0.15) is 13.2 Å². The van der Waals surface area contributed by atoms with Crippen molar-refractivity contribution in [3.05, 3.63) is 89.5 Å². The number of alkyl halides is 3. The molecular formula is C27H25F3N2O4S. The Labute approximate surface area is 213 Å². The maximum absolute atomic E-state index is 13.1. The zero-order valence-corrected chi connectivity index (χ0v) is 20.9. The van der Waals surface area contributed by atoms with Gasteiger partial charge in [0, 0.05) is 22.9 Å². The molecule has 0 spiro atoms. The lowest BCUT2D eigenvalue weighted by atomic mass is 9.77. The molecule has 0 saturated heterocycles. The fourth-order valence-electron chi connectivity index (χ4n) is 5.18.